The summed E-state index contributed by atoms with van der Waals surface area (Å²) in [4.78, 5) is 8.33. The van der Waals surface area contributed by atoms with E-state index in [0.29, 0.717) is 15.7 Å². The number of nitrogens with zero attached hydrogens (tertiary/aromatic N) is 3. The largest absolute Gasteiger partial charge is 0.248 e. The number of nitriles is 1. The molecule has 0 aliphatic heterocycles. The summed E-state index contributed by atoms with van der Waals surface area (Å²) in [6.07, 6.45) is 1.71. The molecule has 0 saturated carbocycles. The molecule has 0 fully saturated rings. The average Bonchev–Trinajstić information content (AvgIpc) is 2.31. The third-order valence-electron chi connectivity index (χ3n) is 1.81. The zero-order valence-electron chi connectivity index (χ0n) is 8.39. The topological polar surface area (TPSA) is 49.6 Å². The van der Waals surface area contributed by atoms with Crippen molar-refractivity contribution < 1.29 is 0 Å². The second-order valence-corrected chi connectivity index (χ2v) is 5.39. The van der Waals surface area contributed by atoms with Gasteiger partial charge in [0.15, 0.2) is 0 Å². The van der Waals surface area contributed by atoms with Crippen LogP contribution < -0.4 is 0 Å². The van der Waals surface area contributed by atoms with Crippen molar-refractivity contribution in [1.82, 2.24) is 9.97 Å². The molecule has 0 radical (unpaired) electrons. The summed E-state index contributed by atoms with van der Waals surface area (Å²) in [6.45, 7) is 0. The third kappa shape index (κ3) is 3.43. The van der Waals surface area contributed by atoms with E-state index in [1.165, 1.54) is 17.8 Å². The smallest absolute Gasteiger partial charge is 0.131 e. The molecular weight excluding hydrogens is 322 g/mol. The minimum absolute atomic E-state index is 0.309. The van der Waals surface area contributed by atoms with Crippen molar-refractivity contribution in [3.8, 4) is 6.07 Å². The van der Waals surface area contributed by atoms with E-state index in [1.54, 1.807) is 12.3 Å². The summed E-state index contributed by atoms with van der Waals surface area (Å²) < 4.78 is 0.915. The van der Waals surface area contributed by atoms with E-state index in [1.807, 2.05) is 18.2 Å². The molecule has 0 N–H and O–H groups in total. The molecule has 2 aromatic heterocycles. The molecule has 84 valence electrons. The molecule has 3 nitrogen and oxygen atoms in total. The highest BCUT2D eigenvalue weighted by Crippen LogP contribution is 2.27. The van der Waals surface area contributed by atoms with Gasteiger partial charge in [-0.05, 0) is 40.2 Å². The fourth-order valence-corrected chi connectivity index (χ4v) is 2.40. The number of hydrogen-bond donors (Lipinski definition) is 0. The van der Waals surface area contributed by atoms with E-state index >= 15 is 0 Å². The molecule has 0 unspecified atom stereocenters. The summed E-state index contributed by atoms with van der Waals surface area (Å²) in [6, 6.07) is 9.01. The highest BCUT2D eigenvalue weighted by Gasteiger charge is 2.04. The second-order valence-electron chi connectivity index (χ2n) is 3.05. The predicted molar refractivity (Wildman–Crippen MR) is 70.0 cm³/mol. The highest BCUT2D eigenvalue weighted by atomic mass is 79.9. The molecule has 0 aliphatic carbocycles. The van der Waals surface area contributed by atoms with Crippen molar-refractivity contribution in [2.24, 2.45) is 0 Å². The van der Waals surface area contributed by atoms with Gasteiger partial charge in [-0.1, -0.05) is 23.4 Å². The Hall–Kier alpha value is -1.09. The number of halogens is 2. The van der Waals surface area contributed by atoms with Gasteiger partial charge in [-0.25, -0.2) is 9.97 Å². The number of hydrogen-bond acceptors (Lipinski definition) is 4. The average molecular weight is 327 g/mol. The van der Waals surface area contributed by atoms with Crippen molar-refractivity contribution in [2.45, 2.75) is 10.1 Å². The molecule has 2 rings (SSSR count). The van der Waals surface area contributed by atoms with Crippen molar-refractivity contribution in [3.63, 3.8) is 0 Å². The quantitative estimate of drug-likeness (QED) is 0.785. The van der Waals surface area contributed by atoms with E-state index in [4.69, 9.17) is 16.9 Å². The maximum Gasteiger partial charge on any atom is 0.131 e. The normalized spacial score (nSPS) is 9.94. The maximum absolute atomic E-state index is 8.82. The van der Waals surface area contributed by atoms with E-state index < -0.39 is 0 Å². The Balaban J connectivity index is 2.27. The van der Waals surface area contributed by atoms with Crippen LogP contribution in [-0.2, 0) is 0 Å². The van der Waals surface area contributed by atoms with Gasteiger partial charge in [0.05, 0.1) is 11.6 Å². The molecule has 0 atom stereocenters. The van der Waals surface area contributed by atoms with Gasteiger partial charge >= 0.3 is 0 Å². The minimum atomic E-state index is 0.309. The summed E-state index contributed by atoms with van der Waals surface area (Å²) in [5.74, 6) is 0. The zero-order valence-corrected chi connectivity index (χ0v) is 11.6. The van der Waals surface area contributed by atoms with E-state index in [2.05, 4.69) is 25.9 Å². The number of aromatic nitrogens is 2. The van der Waals surface area contributed by atoms with Crippen molar-refractivity contribution in [3.05, 3.63) is 45.7 Å². The van der Waals surface area contributed by atoms with Crippen LogP contribution in [0.5, 0.6) is 0 Å². The molecule has 2 aromatic rings. The summed E-state index contributed by atoms with van der Waals surface area (Å²) in [7, 11) is 0. The SMILES string of the molecule is N#Cc1cc(Cl)nc(Sc2ccc(Br)cn2)c1. The zero-order chi connectivity index (χ0) is 12.3. The van der Waals surface area contributed by atoms with E-state index in [0.717, 1.165) is 9.50 Å². The fourth-order valence-electron chi connectivity index (χ4n) is 1.12. The van der Waals surface area contributed by atoms with Gasteiger partial charge in [0, 0.05) is 10.7 Å². The van der Waals surface area contributed by atoms with Gasteiger partial charge in [0.2, 0.25) is 0 Å². The number of pyridine rings is 2. The Bertz CT molecular complexity index is 580. The van der Waals surface area contributed by atoms with E-state index in [-0.39, 0.29) is 0 Å². The van der Waals surface area contributed by atoms with Crippen LogP contribution in [-0.4, -0.2) is 9.97 Å². The van der Waals surface area contributed by atoms with Crippen molar-refractivity contribution in [2.75, 3.05) is 0 Å². The first kappa shape index (κ1) is 12.4. The molecule has 17 heavy (non-hydrogen) atoms. The second kappa shape index (κ2) is 5.50. The molecule has 0 aromatic carbocycles. The first-order chi connectivity index (χ1) is 8.17. The highest BCUT2D eigenvalue weighted by molar-refractivity contribution is 9.10. The van der Waals surface area contributed by atoms with Crippen LogP contribution >= 0.6 is 39.3 Å². The predicted octanol–water partition coefficient (Wildman–Crippen LogP) is 3.92. The lowest BCUT2D eigenvalue weighted by molar-refractivity contribution is 1.08. The monoisotopic (exact) mass is 325 g/mol. The van der Waals surface area contributed by atoms with Gasteiger partial charge in [-0.2, -0.15) is 5.26 Å². The van der Waals surface area contributed by atoms with Crippen LogP contribution in [0.15, 0.2) is 45.0 Å². The maximum atomic E-state index is 8.82. The first-order valence-electron chi connectivity index (χ1n) is 4.54. The van der Waals surface area contributed by atoms with Gasteiger partial charge in [-0.3, -0.25) is 0 Å². The van der Waals surface area contributed by atoms with Crippen molar-refractivity contribution in [1.29, 1.82) is 5.26 Å². The third-order valence-corrected chi connectivity index (χ3v) is 3.34. The van der Waals surface area contributed by atoms with Gasteiger partial charge in [0.25, 0.3) is 0 Å². The summed E-state index contributed by atoms with van der Waals surface area (Å²) in [5.41, 5.74) is 0.490. The van der Waals surface area contributed by atoms with Crippen LogP contribution in [0.25, 0.3) is 0 Å². The van der Waals surface area contributed by atoms with Gasteiger partial charge in [-0.15, -0.1) is 0 Å². The Morgan fingerprint density at radius 2 is 2.12 bits per heavy atom. The lowest BCUT2D eigenvalue weighted by Gasteiger charge is -2.01. The lowest BCUT2D eigenvalue weighted by atomic mass is 10.3. The van der Waals surface area contributed by atoms with Crippen LogP contribution in [0.3, 0.4) is 0 Å². The molecule has 0 aliphatic rings. The lowest BCUT2D eigenvalue weighted by Crippen LogP contribution is -1.86. The Labute approximate surface area is 116 Å². The van der Waals surface area contributed by atoms with Crippen LogP contribution in [0.1, 0.15) is 5.56 Å². The summed E-state index contributed by atoms with van der Waals surface area (Å²) in [5, 5.41) is 10.6. The molecule has 6 heteroatoms. The minimum Gasteiger partial charge on any atom is -0.248 e. The van der Waals surface area contributed by atoms with Crippen LogP contribution in [0.2, 0.25) is 5.15 Å². The molecule has 0 spiro atoms. The molecule has 2 heterocycles. The van der Waals surface area contributed by atoms with Gasteiger partial charge in [0.1, 0.15) is 15.2 Å². The number of rotatable bonds is 2. The molecule has 0 saturated heterocycles. The fraction of sp³-hybridized carbons (Fsp3) is 0. The molecular formula is C11H5BrClN3S. The van der Waals surface area contributed by atoms with E-state index in [9.17, 15) is 0 Å². The molecule has 0 bridgehead atoms. The Morgan fingerprint density at radius 1 is 1.29 bits per heavy atom. The first-order valence-corrected chi connectivity index (χ1v) is 6.53. The molecule has 0 amide bonds. The standard InChI is InChI=1S/C11H5BrClN3S/c12-8-1-2-10(15-6-8)17-11-4-7(5-14)3-9(13)16-11/h1-4,6H. The Morgan fingerprint density at radius 3 is 2.76 bits per heavy atom. The Kier molecular flexibility index (Phi) is 4.00. The summed E-state index contributed by atoms with van der Waals surface area (Å²) >= 11 is 10.5. The van der Waals surface area contributed by atoms with Crippen LogP contribution in [0.4, 0.5) is 0 Å². The van der Waals surface area contributed by atoms with Crippen LogP contribution in [0, 0.1) is 11.3 Å². The van der Waals surface area contributed by atoms with Gasteiger partial charge < -0.3 is 0 Å². The van der Waals surface area contributed by atoms with Crippen molar-refractivity contribution >= 4 is 39.3 Å².